The summed E-state index contributed by atoms with van der Waals surface area (Å²) >= 11 is 0. The van der Waals surface area contributed by atoms with E-state index in [2.05, 4.69) is 6.92 Å². The molecular weight excluding hydrogens is 344 g/mol. The molecule has 5 nitrogen and oxygen atoms in total. The third-order valence-corrected chi connectivity index (χ3v) is 5.67. The average molecular weight is 383 g/mol. The number of aliphatic hydroxyl groups is 2. The summed E-state index contributed by atoms with van der Waals surface area (Å²) in [4.78, 5) is 22.6. The van der Waals surface area contributed by atoms with Crippen LogP contribution in [0.15, 0.2) is 12.2 Å². The highest BCUT2D eigenvalue weighted by molar-refractivity contribution is 5.78. The first-order valence-corrected chi connectivity index (χ1v) is 10.7. The predicted molar refractivity (Wildman–Crippen MR) is 106 cm³/mol. The van der Waals surface area contributed by atoms with E-state index < -0.39 is 18.2 Å². The zero-order chi connectivity index (χ0) is 20.1. The third-order valence-electron chi connectivity index (χ3n) is 5.67. The monoisotopic (exact) mass is 382 g/mol. The van der Waals surface area contributed by atoms with Crippen molar-refractivity contribution in [1.29, 1.82) is 0 Å². The Bertz CT molecular complexity index is 460. The Balaban J connectivity index is 2.32. The van der Waals surface area contributed by atoms with Crippen LogP contribution in [-0.4, -0.2) is 39.3 Å². The lowest BCUT2D eigenvalue weighted by Crippen LogP contribution is -2.22. The average Bonchev–Trinajstić information content (AvgIpc) is 2.88. The molecule has 0 spiro atoms. The highest BCUT2D eigenvalue weighted by Crippen LogP contribution is 2.38. The fourth-order valence-electron chi connectivity index (χ4n) is 4.03. The molecule has 1 aliphatic carbocycles. The molecule has 4 atom stereocenters. The van der Waals surface area contributed by atoms with Crippen LogP contribution in [0, 0.1) is 11.8 Å². The summed E-state index contributed by atoms with van der Waals surface area (Å²) in [6.07, 6.45) is 12.8. The van der Waals surface area contributed by atoms with Crippen LogP contribution in [0.25, 0.3) is 0 Å². The fraction of sp³-hybridized carbons (Fsp3) is 0.818. The van der Waals surface area contributed by atoms with E-state index >= 15 is 0 Å². The van der Waals surface area contributed by atoms with Gasteiger partial charge in [-0.1, -0.05) is 44.8 Å². The molecule has 27 heavy (non-hydrogen) atoms. The van der Waals surface area contributed by atoms with Crippen molar-refractivity contribution in [2.45, 2.75) is 103 Å². The van der Waals surface area contributed by atoms with E-state index in [4.69, 9.17) is 5.11 Å². The second kappa shape index (κ2) is 13.9. The van der Waals surface area contributed by atoms with Gasteiger partial charge in [0.25, 0.3) is 0 Å². The quantitative estimate of drug-likeness (QED) is 0.291. The molecule has 0 aromatic rings. The number of carbonyl (C=O) groups is 2. The lowest BCUT2D eigenvalue weighted by molar-refractivity contribution is -0.137. The molecule has 1 rings (SSSR count). The van der Waals surface area contributed by atoms with Gasteiger partial charge in [-0.2, -0.15) is 0 Å². The summed E-state index contributed by atoms with van der Waals surface area (Å²) in [6, 6.07) is 0. The number of allylic oxidation sites excluding steroid dienone is 2. The van der Waals surface area contributed by atoms with Crippen LogP contribution in [0.2, 0.25) is 0 Å². The minimum atomic E-state index is -0.784. The van der Waals surface area contributed by atoms with E-state index in [-0.39, 0.29) is 24.0 Å². The molecular formula is C22H38O5. The molecule has 3 N–H and O–H groups in total. The summed E-state index contributed by atoms with van der Waals surface area (Å²) in [5.74, 6) is -0.573. The maximum atomic E-state index is 12.1. The van der Waals surface area contributed by atoms with Crippen molar-refractivity contribution in [2.24, 2.45) is 11.8 Å². The molecule has 0 bridgehead atoms. The molecule has 5 heteroatoms. The Kier molecular flexibility index (Phi) is 12.3. The zero-order valence-corrected chi connectivity index (χ0v) is 16.8. The van der Waals surface area contributed by atoms with Crippen molar-refractivity contribution in [2.75, 3.05) is 0 Å². The Morgan fingerprint density at radius 1 is 0.889 bits per heavy atom. The van der Waals surface area contributed by atoms with Crippen LogP contribution in [0.4, 0.5) is 0 Å². The minimum Gasteiger partial charge on any atom is -0.481 e. The van der Waals surface area contributed by atoms with Crippen LogP contribution in [0.5, 0.6) is 0 Å². The minimum absolute atomic E-state index is 0.0203. The molecule has 0 aliphatic heterocycles. The number of hydrogen-bond acceptors (Lipinski definition) is 4. The molecule has 0 aromatic heterocycles. The Labute approximate surface area is 163 Å². The summed E-state index contributed by atoms with van der Waals surface area (Å²) in [6.45, 7) is 2.17. The van der Waals surface area contributed by atoms with Gasteiger partial charge in [-0.25, -0.2) is 0 Å². The van der Waals surface area contributed by atoms with E-state index in [1.165, 1.54) is 19.3 Å². The van der Waals surface area contributed by atoms with E-state index in [0.29, 0.717) is 44.9 Å². The second-order valence-electron chi connectivity index (χ2n) is 7.93. The number of carbonyl (C=O) groups excluding carboxylic acids is 1. The van der Waals surface area contributed by atoms with E-state index in [0.717, 1.165) is 12.8 Å². The number of unbranched alkanes of at least 4 members (excludes halogenated alkanes) is 5. The van der Waals surface area contributed by atoms with Crippen LogP contribution in [0.3, 0.4) is 0 Å². The highest BCUT2D eigenvalue weighted by Gasteiger charge is 2.40. The molecule has 0 amide bonds. The Morgan fingerprint density at radius 3 is 2.30 bits per heavy atom. The van der Waals surface area contributed by atoms with Gasteiger partial charge in [0.15, 0.2) is 0 Å². The summed E-state index contributed by atoms with van der Waals surface area (Å²) in [5.41, 5.74) is 0. The summed E-state index contributed by atoms with van der Waals surface area (Å²) in [7, 11) is 0. The van der Waals surface area contributed by atoms with E-state index in [9.17, 15) is 19.8 Å². The van der Waals surface area contributed by atoms with Gasteiger partial charge in [-0.3, -0.25) is 9.59 Å². The van der Waals surface area contributed by atoms with Crippen LogP contribution >= 0.6 is 0 Å². The normalized spacial score (nSPS) is 25.3. The van der Waals surface area contributed by atoms with Crippen molar-refractivity contribution in [3.63, 3.8) is 0 Å². The number of carboxylic acids is 1. The smallest absolute Gasteiger partial charge is 0.303 e. The number of hydrogen-bond donors (Lipinski definition) is 3. The second-order valence-corrected chi connectivity index (χ2v) is 7.93. The van der Waals surface area contributed by atoms with Crippen molar-refractivity contribution in [3.8, 4) is 0 Å². The van der Waals surface area contributed by atoms with Gasteiger partial charge in [0.2, 0.25) is 0 Å². The highest BCUT2D eigenvalue weighted by atomic mass is 16.4. The van der Waals surface area contributed by atoms with Gasteiger partial charge in [0, 0.05) is 19.3 Å². The predicted octanol–water partition coefficient (Wildman–Crippen LogP) is 4.26. The molecule has 0 saturated heterocycles. The van der Waals surface area contributed by atoms with Gasteiger partial charge in [0.05, 0.1) is 12.2 Å². The molecule has 1 aliphatic rings. The van der Waals surface area contributed by atoms with Crippen LogP contribution in [0.1, 0.15) is 90.4 Å². The van der Waals surface area contributed by atoms with Gasteiger partial charge in [-0.05, 0) is 50.4 Å². The summed E-state index contributed by atoms with van der Waals surface area (Å²) in [5, 5.41) is 29.1. The van der Waals surface area contributed by atoms with E-state index in [1.807, 2.05) is 12.2 Å². The number of Topliss-reactive ketones (excluding diaryl/α,β-unsaturated/α-hetero) is 1. The first-order chi connectivity index (χ1) is 13.0. The largest absolute Gasteiger partial charge is 0.481 e. The van der Waals surface area contributed by atoms with Crippen molar-refractivity contribution < 1.29 is 24.9 Å². The van der Waals surface area contributed by atoms with Crippen molar-refractivity contribution in [1.82, 2.24) is 0 Å². The maximum absolute atomic E-state index is 12.1. The first kappa shape index (κ1) is 23.8. The van der Waals surface area contributed by atoms with E-state index in [1.54, 1.807) is 0 Å². The Morgan fingerprint density at radius 2 is 1.59 bits per heavy atom. The molecule has 0 radical (unpaired) electrons. The number of aliphatic hydroxyl groups excluding tert-OH is 2. The lowest BCUT2D eigenvalue weighted by atomic mass is 9.86. The van der Waals surface area contributed by atoms with Crippen LogP contribution < -0.4 is 0 Å². The maximum Gasteiger partial charge on any atom is 0.303 e. The number of rotatable bonds is 15. The number of aliphatic carboxylic acids is 1. The molecule has 156 valence electrons. The molecule has 1 fully saturated rings. The first-order valence-electron chi connectivity index (χ1n) is 10.7. The fourth-order valence-corrected chi connectivity index (χ4v) is 4.03. The van der Waals surface area contributed by atoms with Crippen molar-refractivity contribution in [3.05, 3.63) is 12.2 Å². The topological polar surface area (TPSA) is 94.8 Å². The van der Waals surface area contributed by atoms with Gasteiger partial charge in [0.1, 0.15) is 5.78 Å². The Hall–Kier alpha value is -1.20. The molecule has 1 saturated carbocycles. The number of carboxylic acid groups (broad SMARTS) is 1. The van der Waals surface area contributed by atoms with Crippen LogP contribution in [-0.2, 0) is 9.59 Å². The molecule has 0 heterocycles. The third kappa shape index (κ3) is 10.1. The standard InChI is InChI=1S/C22H38O5/c1-2-3-4-5-8-11-17(23)14-15-19-18(20(24)16-21(19)25)12-9-6-7-10-13-22(26)27/h6,9,18-21,24-25H,2-5,7-8,10-16H2,1H3,(H,26,27)/b9-6+. The zero-order valence-electron chi connectivity index (χ0n) is 16.8. The molecule has 0 aromatic carbocycles. The van der Waals surface area contributed by atoms with Gasteiger partial charge >= 0.3 is 5.97 Å². The lowest BCUT2D eigenvalue weighted by Gasteiger charge is -2.22. The number of ketones is 1. The van der Waals surface area contributed by atoms with Gasteiger partial charge in [-0.15, -0.1) is 0 Å². The van der Waals surface area contributed by atoms with Crippen molar-refractivity contribution >= 4 is 11.8 Å². The van der Waals surface area contributed by atoms with Gasteiger partial charge < -0.3 is 15.3 Å². The molecule has 4 unspecified atom stereocenters. The summed E-state index contributed by atoms with van der Waals surface area (Å²) < 4.78 is 0. The SMILES string of the molecule is CCCCCCCC(=O)CCC1C(O)CC(O)C1C/C=C/CCCC(=O)O.